The van der Waals surface area contributed by atoms with E-state index in [9.17, 15) is 19.5 Å². The smallest absolute Gasteiger partial charge is 0.317 e. The summed E-state index contributed by atoms with van der Waals surface area (Å²) < 4.78 is 5.18. The van der Waals surface area contributed by atoms with Crippen molar-refractivity contribution in [3.63, 3.8) is 0 Å². The number of likely N-dealkylation sites (tertiary alicyclic amines) is 1. The Morgan fingerprint density at radius 1 is 1.18 bits per heavy atom. The van der Waals surface area contributed by atoms with Gasteiger partial charge >= 0.3 is 12.0 Å². The lowest BCUT2D eigenvalue weighted by molar-refractivity contribution is -0.147. The molecule has 2 heterocycles. The first-order chi connectivity index (χ1) is 13.4. The van der Waals surface area contributed by atoms with Crippen LogP contribution in [0, 0.1) is 5.41 Å². The topological polar surface area (TPSA) is 112 Å². The summed E-state index contributed by atoms with van der Waals surface area (Å²) in [4.78, 5) is 37.4. The van der Waals surface area contributed by atoms with Crippen LogP contribution in [-0.2, 0) is 17.9 Å². The first kappa shape index (κ1) is 19.5. The number of carbonyl (C=O) groups excluding carboxylic acids is 2. The highest BCUT2D eigenvalue weighted by Gasteiger charge is 2.42. The molecule has 8 heteroatoms. The van der Waals surface area contributed by atoms with Crippen molar-refractivity contribution in [1.29, 1.82) is 0 Å². The largest absolute Gasteiger partial charge is 0.481 e. The van der Waals surface area contributed by atoms with Crippen LogP contribution in [0.2, 0.25) is 0 Å². The van der Waals surface area contributed by atoms with E-state index in [1.807, 2.05) is 6.07 Å². The SMILES string of the molecule is CC1(C(=O)O)CCN(C(=O)NCc2cccc(C(=O)NCc3ccco3)c2)C1. The van der Waals surface area contributed by atoms with Gasteiger partial charge in [-0.25, -0.2) is 4.79 Å². The molecule has 3 rings (SSSR count). The Balaban J connectivity index is 1.52. The first-order valence-corrected chi connectivity index (χ1v) is 9.03. The Morgan fingerprint density at radius 2 is 2.00 bits per heavy atom. The van der Waals surface area contributed by atoms with Gasteiger partial charge in [-0.2, -0.15) is 0 Å². The van der Waals surface area contributed by atoms with Crippen molar-refractivity contribution >= 4 is 17.9 Å². The lowest BCUT2D eigenvalue weighted by Gasteiger charge is -2.20. The van der Waals surface area contributed by atoms with E-state index in [0.717, 1.165) is 5.56 Å². The van der Waals surface area contributed by atoms with E-state index in [-0.39, 0.29) is 25.0 Å². The number of carbonyl (C=O) groups is 3. The van der Waals surface area contributed by atoms with Crippen molar-refractivity contribution in [2.75, 3.05) is 13.1 Å². The summed E-state index contributed by atoms with van der Waals surface area (Å²) in [6.45, 7) is 2.78. The molecule has 28 heavy (non-hydrogen) atoms. The number of carboxylic acid groups (broad SMARTS) is 1. The number of furan rings is 1. The van der Waals surface area contributed by atoms with Gasteiger partial charge in [-0.1, -0.05) is 12.1 Å². The molecule has 1 unspecified atom stereocenters. The molecule has 1 aliphatic rings. The zero-order valence-electron chi connectivity index (χ0n) is 15.6. The van der Waals surface area contributed by atoms with Crippen molar-refractivity contribution in [3.8, 4) is 0 Å². The van der Waals surface area contributed by atoms with Crippen LogP contribution in [0.5, 0.6) is 0 Å². The van der Waals surface area contributed by atoms with E-state index in [1.54, 1.807) is 43.5 Å². The van der Waals surface area contributed by atoms with Crippen LogP contribution >= 0.6 is 0 Å². The van der Waals surface area contributed by atoms with Crippen molar-refractivity contribution in [1.82, 2.24) is 15.5 Å². The number of hydrogen-bond acceptors (Lipinski definition) is 4. The number of aliphatic carboxylic acids is 1. The van der Waals surface area contributed by atoms with Crippen LogP contribution in [0.4, 0.5) is 4.79 Å². The van der Waals surface area contributed by atoms with E-state index in [4.69, 9.17) is 4.42 Å². The number of benzene rings is 1. The second-order valence-electron chi connectivity index (χ2n) is 7.16. The molecule has 148 valence electrons. The summed E-state index contributed by atoms with van der Waals surface area (Å²) in [6, 6.07) is 10.2. The molecule has 0 radical (unpaired) electrons. The van der Waals surface area contributed by atoms with E-state index in [0.29, 0.717) is 30.8 Å². The molecule has 1 atom stereocenters. The summed E-state index contributed by atoms with van der Waals surface area (Å²) in [7, 11) is 0. The van der Waals surface area contributed by atoms with E-state index in [2.05, 4.69) is 10.6 Å². The van der Waals surface area contributed by atoms with Gasteiger partial charge < -0.3 is 25.1 Å². The number of nitrogens with zero attached hydrogens (tertiary/aromatic N) is 1. The molecular formula is C20H23N3O5. The van der Waals surface area contributed by atoms with E-state index in [1.165, 1.54) is 4.90 Å². The maximum atomic E-state index is 12.3. The highest BCUT2D eigenvalue weighted by Crippen LogP contribution is 2.29. The Labute approximate surface area is 162 Å². The van der Waals surface area contributed by atoms with Gasteiger partial charge in [0.05, 0.1) is 18.2 Å². The third-order valence-electron chi connectivity index (χ3n) is 4.91. The van der Waals surface area contributed by atoms with Crippen molar-refractivity contribution < 1.29 is 23.9 Å². The zero-order valence-corrected chi connectivity index (χ0v) is 15.6. The van der Waals surface area contributed by atoms with Crippen molar-refractivity contribution in [2.45, 2.75) is 26.4 Å². The van der Waals surface area contributed by atoms with Crippen molar-refractivity contribution in [3.05, 3.63) is 59.5 Å². The summed E-state index contributed by atoms with van der Waals surface area (Å²) in [6.07, 6.45) is 1.98. The quantitative estimate of drug-likeness (QED) is 0.706. The average molecular weight is 385 g/mol. The molecule has 0 aliphatic carbocycles. The Bertz CT molecular complexity index is 864. The predicted octanol–water partition coefficient (Wildman–Crippen LogP) is 2.22. The minimum absolute atomic E-state index is 0.184. The van der Waals surface area contributed by atoms with Gasteiger partial charge in [-0.05, 0) is 43.2 Å². The van der Waals surface area contributed by atoms with Crippen LogP contribution in [0.25, 0.3) is 0 Å². The molecule has 1 aliphatic heterocycles. The molecule has 2 aromatic rings. The summed E-state index contributed by atoms with van der Waals surface area (Å²) in [5.74, 6) is -0.465. The maximum absolute atomic E-state index is 12.3. The Morgan fingerprint density at radius 3 is 2.68 bits per heavy atom. The molecule has 0 saturated carbocycles. The van der Waals surface area contributed by atoms with Crippen LogP contribution in [0.3, 0.4) is 0 Å². The average Bonchev–Trinajstić information content (AvgIpc) is 3.35. The standard InChI is InChI=1S/C20H23N3O5/c1-20(18(25)26)7-8-23(13-20)19(27)22-11-14-4-2-5-15(10-14)17(24)21-12-16-6-3-9-28-16/h2-6,9-10H,7-8,11-13H2,1H3,(H,21,24)(H,22,27)(H,25,26). The molecule has 0 bridgehead atoms. The molecule has 8 nitrogen and oxygen atoms in total. The minimum atomic E-state index is -0.899. The number of rotatable bonds is 6. The molecular weight excluding hydrogens is 362 g/mol. The zero-order chi connectivity index (χ0) is 20.1. The van der Waals surface area contributed by atoms with E-state index < -0.39 is 11.4 Å². The number of amides is 3. The molecule has 1 fully saturated rings. The van der Waals surface area contributed by atoms with Crippen LogP contribution < -0.4 is 10.6 Å². The number of hydrogen-bond donors (Lipinski definition) is 3. The number of carboxylic acids is 1. The monoisotopic (exact) mass is 385 g/mol. The number of nitrogens with one attached hydrogen (secondary N) is 2. The lowest BCUT2D eigenvalue weighted by Crippen LogP contribution is -2.40. The van der Waals surface area contributed by atoms with Crippen molar-refractivity contribution in [2.24, 2.45) is 5.41 Å². The van der Waals surface area contributed by atoms with Gasteiger partial charge in [0.25, 0.3) is 5.91 Å². The second-order valence-corrected chi connectivity index (χ2v) is 7.16. The third kappa shape index (κ3) is 4.51. The molecule has 0 spiro atoms. The van der Waals surface area contributed by atoms with Gasteiger partial charge in [-0.3, -0.25) is 9.59 Å². The minimum Gasteiger partial charge on any atom is -0.481 e. The van der Waals surface area contributed by atoms with Gasteiger partial charge in [0.1, 0.15) is 5.76 Å². The van der Waals surface area contributed by atoms with Crippen LogP contribution in [0.1, 0.15) is 35.0 Å². The van der Waals surface area contributed by atoms with Gasteiger partial charge in [0, 0.05) is 25.2 Å². The predicted molar refractivity (Wildman–Crippen MR) is 100 cm³/mol. The number of urea groups is 1. The Kier molecular flexibility index (Phi) is 5.67. The maximum Gasteiger partial charge on any atom is 0.317 e. The fraction of sp³-hybridized carbons (Fsp3) is 0.350. The van der Waals surface area contributed by atoms with Gasteiger partial charge in [-0.15, -0.1) is 0 Å². The summed E-state index contributed by atoms with van der Waals surface area (Å²) in [5.41, 5.74) is 0.362. The van der Waals surface area contributed by atoms with E-state index >= 15 is 0 Å². The van der Waals surface area contributed by atoms with Crippen LogP contribution in [-0.4, -0.2) is 41.0 Å². The second kappa shape index (κ2) is 8.16. The molecule has 1 aromatic heterocycles. The Hall–Kier alpha value is -3.29. The highest BCUT2D eigenvalue weighted by atomic mass is 16.4. The summed E-state index contributed by atoms with van der Waals surface area (Å²) in [5, 5.41) is 14.8. The summed E-state index contributed by atoms with van der Waals surface area (Å²) >= 11 is 0. The highest BCUT2D eigenvalue weighted by molar-refractivity contribution is 5.94. The molecule has 1 aromatic carbocycles. The molecule has 3 amide bonds. The van der Waals surface area contributed by atoms with Gasteiger partial charge in [0.15, 0.2) is 0 Å². The molecule has 3 N–H and O–H groups in total. The lowest BCUT2D eigenvalue weighted by atomic mass is 9.90. The fourth-order valence-electron chi connectivity index (χ4n) is 3.10. The van der Waals surface area contributed by atoms with Gasteiger partial charge in [0.2, 0.25) is 0 Å². The van der Waals surface area contributed by atoms with Crippen LogP contribution in [0.15, 0.2) is 47.1 Å². The third-order valence-corrected chi connectivity index (χ3v) is 4.91. The normalized spacial score (nSPS) is 18.7. The molecule has 1 saturated heterocycles. The first-order valence-electron chi connectivity index (χ1n) is 9.03. The fourth-order valence-corrected chi connectivity index (χ4v) is 3.10.